The molecule has 122 valence electrons. The number of aryl methyl sites for hydroxylation is 1. The summed E-state index contributed by atoms with van der Waals surface area (Å²) in [6.07, 6.45) is -1.71. The second kappa shape index (κ2) is 7.26. The van der Waals surface area contributed by atoms with Crippen LogP contribution in [-0.4, -0.2) is 29.9 Å². The van der Waals surface area contributed by atoms with Gasteiger partial charge in [-0.1, -0.05) is 12.1 Å². The molecule has 1 unspecified atom stereocenters. The maximum Gasteiger partial charge on any atom is 0.412 e. The summed E-state index contributed by atoms with van der Waals surface area (Å²) in [6, 6.07) is 5.07. The van der Waals surface area contributed by atoms with Gasteiger partial charge in [-0.25, -0.2) is 4.79 Å². The highest BCUT2D eigenvalue weighted by atomic mass is 16.6. The highest BCUT2D eigenvalue weighted by Crippen LogP contribution is 2.24. The number of esters is 1. The van der Waals surface area contributed by atoms with Crippen molar-refractivity contribution in [3.05, 3.63) is 29.3 Å². The first kappa shape index (κ1) is 18.0. The average Bonchev–Trinajstić information content (AvgIpc) is 2.38. The van der Waals surface area contributed by atoms with Crippen LogP contribution in [0.4, 0.5) is 10.5 Å². The van der Waals surface area contributed by atoms with Gasteiger partial charge in [0.15, 0.2) is 0 Å². The second-order valence-corrected chi connectivity index (χ2v) is 6.00. The van der Waals surface area contributed by atoms with E-state index in [1.807, 2.05) is 6.92 Å². The molecular weight excluding hydrogens is 286 g/mol. The lowest BCUT2D eigenvalue weighted by Crippen LogP contribution is -2.27. The van der Waals surface area contributed by atoms with Crippen LogP contribution in [0.25, 0.3) is 0 Å². The van der Waals surface area contributed by atoms with Gasteiger partial charge in [-0.3, -0.25) is 10.1 Å². The molecule has 0 saturated carbocycles. The van der Waals surface area contributed by atoms with Crippen molar-refractivity contribution >= 4 is 17.7 Å². The zero-order valence-electron chi connectivity index (χ0n) is 13.6. The summed E-state index contributed by atoms with van der Waals surface area (Å²) in [5, 5.41) is 12.7. The predicted octanol–water partition coefficient (Wildman–Crippen LogP) is 2.94. The quantitative estimate of drug-likeness (QED) is 0.835. The Bertz CT molecular complexity index is 548. The largest absolute Gasteiger partial charge is 0.469 e. The molecule has 1 aromatic rings. The highest BCUT2D eigenvalue weighted by molar-refractivity contribution is 5.86. The van der Waals surface area contributed by atoms with Crippen LogP contribution in [-0.2, 0) is 14.3 Å². The lowest BCUT2D eigenvalue weighted by Gasteiger charge is -2.20. The zero-order chi connectivity index (χ0) is 16.9. The van der Waals surface area contributed by atoms with Gasteiger partial charge >= 0.3 is 12.1 Å². The van der Waals surface area contributed by atoms with Gasteiger partial charge in [0.2, 0.25) is 0 Å². The number of aliphatic hydroxyl groups excluding tert-OH is 1. The van der Waals surface area contributed by atoms with E-state index >= 15 is 0 Å². The SMILES string of the molecule is COC(=O)CC(O)c1ccc(C)c(NC(=O)OC(C)(C)C)c1. The molecule has 1 rings (SSSR count). The van der Waals surface area contributed by atoms with Crippen molar-refractivity contribution in [3.8, 4) is 0 Å². The Hall–Kier alpha value is -2.08. The number of benzene rings is 1. The molecular formula is C16H23NO5. The predicted molar refractivity (Wildman–Crippen MR) is 82.6 cm³/mol. The number of carbonyl (C=O) groups excluding carboxylic acids is 2. The van der Waals surface area contributed by atoms with E-state index in [0.717, 1.165) is 5.56 Å². The molecule has 1 atom stereocenters. The molecule has 1 aromatic carbocycles. The van der Waals surface area contributed by atoms with Crippen LogP contribution in [0.5, 0.6) is 0 Å². The van der Waals surface area contributed by atoms with Crippen LogP contribution in [0, 0.1) is 6.92 Å². The molecule has 0 aliphatic carbocycles. The summed E-state index contributed by atoms with van der Waals surface area (Å²) < 4.78 is 9.72. The van der Waals surface area contributed by atoms with Crippen LogP contribution in [0.2, 0.25) is 0 Å². The summed E-state index contributed by atoms with van der Waals surface area (Å²) in [5.41, 5.74) is 1.26. The molecule has 0 aliphatic heterocycles. The van der Waals surface area contributed by atoms with E-state index < -0.39 is 23.8 Å². The number of amides is 1. The van der Waals surface area contributed by atoms with E-state index in [0.29, 0.717) is 11.3 Å². The smallest absolute Gasteiger partial charge is 0.412 e. The van der Waals surface area contributed by atoms with E-state index in [4.69, 9.17) is 4.74 Å². The minimum Gasteiger partial charge on any atom is -0.469 e. The number of rotatable bonds is 4. The molecule has 0 aliphatic rings. The Labute approximate surface area is 130 Å². The van der Waals surface area contributed by atoms with Gasteiger partial charge in [0.05, 0.1) is 19.6 Å². The Kier molecular flexibility index (Phi) is 5.93. The Balaban J connectivity index is 2.86. The molecule has 0 aromatic heterocycles. The van der Waals surface area contributed by atoms with Gasteiger partial charge in [0.25, 0.3) is 0 Å². The number of anilines is 1. The number of ether oxygens (including phenoxy) is 2. The van der Waals surface area contributed by atoms with Crippen molar-refractivity contribution in [1.29, 1.82) is 0 Å². The number of carbonyl (C=O) groups is 2. The molecule has 0 saturated heterocycles. The number of methoxy groups -OCH3 is 1. The van der Waals surface area contributed by atoms with Crippen LogP contribution >= 0.6 is 0 Å². The van der Waals surface area contributed by atoms with E-state index in [-0.39, 0.29) is 6.42 Å². The van der Waals surface area contributed by atoms with E-state index in [2.05, 4.69) is 10.1 Å². The molecule has 0 spiro atoms. The molecule has 0 heterocycles. The topological polar surface area (TPSA) is 84.9 Å². The van der Waals surface area contributed by atoms with Gasteiger partial charge < -0.3 is 14.6 Å². The molecule has 6 nitrogen and oxygen atoms in total. The molecule has 6 heteroatoms. The second-order valence-electron chi connectivity index (χ2n) is 6.00. The van der Waals surface area contributed by atoms with Gasteiger partial charge in [-0.2, -0.15) is 0 Å². The van der Waals surface area contributed by atoms with E-state index in [1.165, 1.54) is 7.11 Å². The minimum absolute atomic E-state index is 0.147. The summed E-state index contributed by atoms with van der Waals surface area (Å²) in [5.74, 6) is -0.505. The normalized spacial score (nSPS) is 12.5. The van der Waals surface area contributed by atoms with E-state index in [9.17, 15) is 14.7 Å². The number of hydrogen-bond donors (Lipinski definition) is 2. The first-order valence-corrected chi connectivity index (χ1v) is 6.98. The third kappa shape index (κ3) is 5.73. The van der Waals surface area contributed by atoms with Gasteiger partial charge in [0.1, 0.15) is 5.60 Å². The third-order valence-corrected chi connectivity index (χ3v) is 2.87. The summed E-state index contributed by atoms with van der Waals surface area (Å²) in [4.78, 5) is 23.0. The zero-order valence-corrected chi connectivity index (χ0v) is 13.6. The van der Waals surface area contributed by atoms with Crippen LogP contribution in [0.3, 0.4) is 0 Å². The van der Waals surface area contributed by atoms with Gasteiger partial charge in [-0.15, -0.1) is 0 Å². The van der Waals surface area contributed by atoms with Crippen LogP contribution in [0.15, 0.2) is 18.2 Å². The fourth-order valence-corrected chi connectivity index (χ4v) is 1.75. The fraction of sp³-hybridized carbons (Fsp3) is 0.500. The molecule has 0 radical (unpaired) electrons. The Morgan fingerprint density at radius 2 is 1.95 bits per heavy atom. The molecule has 0 bridgehead atoms. The minimum atomic E-state index is -0.993. The highest BCUT2D eigenvalue weighted by Gasteiger charge is 2.18. The average molecular weight is 309 g/mol. The Morgan fingerprint density at radius 3 is 2.50 bits per heavy atom. The molecule has 2 N–H and O–H groups in total. The monoisotopic (exact) mass is 309 g/mol. The number of aliphatic hydroxyl groups is 1. The maximum atomic E-state index is 11.8. The van der Waals surface area contributed by atoms with Crippen molar-refractivity contribution in [2.45, 2.75) is 45.8 Å². The van der Waals surface area contributed by atoms with Gasteiger partial charge in [0, 0.05) is 5.69 Å². The van der Waals surface area contributed by atoms with Crippen LogP contribution < -0.4 is 5.32 Å². The fourth-order valence-electron chi connectivity index (χ4n) is 1.75. The standard InChI is InChI=1S/C16H23NO5/c1-10-6-7-11(13(18)9-14(19)21-5)8-12(10)17-15(20)22-16(2,3)4/h6-8,13,18H,9H2,1-5H3,(H,17,20). The molecule has 0 fully saturated rings. The summed E-state index contributed by atoms with van der Waals surface area (Å²) >= 11 is 0. The molecule has 22 heavy (non-hydrogen) atoms. The van der Waals surface area contributed by atoms with Crippen molar-refractivity contribution in [2.75, 3.05) is 12.4 Å². The summed E-state index contributed by atoms with van der Waals surface area (Å²) in [7, 11) is 1.26. The first-order valence-electron chi connectivity index (χ1n) is 6.98. The lowest BCUT2D eigenvalue weighted by molar-refractivity contribution is -0.142. The molecule has 1 amide bonds. The summed E-state index contributed by atoms with van der Waals surface area (Å²) in [6.45, 7) is 7.14. The van der Waals surface area contributed by atoms with Crippen molar-refractivity contribution in [2.24, 2.45) is 0 Å². The van der Waals surface area contributed by atoms with Gasteiger partial charge in [-0.05, 0) is 44.9 Å². The van der Waals surface area contributed by atoms with E-state index in [1.54, 1.807) is 39.0 Å². The first-order chi connectivity index (χ1) is 10.1. The third-order valence-electron chi connectivity index (χ3n) is 2.87. The lowest BCUT2D eigenvalue weighted by atomic mass is 10.0. The Morgan fingerprint density at radius 1 is 1.32 bits per heavy atom. The number of hydrogen-bond acceptors (Lipinski definition) is 5. The number of nitrogens with one attached hydrogen (secondary N) is 1. The van der Waals surface area contributed by atoms with Crippen molar-refractivity contribution < 1.29 is 24.2 Å². The maximum absolute atomic E-state index is 11.8. The van der Waals surface area contributed by atoms with Crippen molar-refractivity contribution in [1.82, 2.24) is 0 Å². The van der Waals surface area contributed by atoms with Crippen LogP contribution in [0.1, 0.15) is 44.4 Å². The van der Waals surface area contributed by atoms with Crippen molar-refractivity contribution in [3.63, 3.8) is 0 Å².